The van der Waals surface area contributed by atoms with Gasteiger partial charge in [0.05, 0.1) is 19.9 Å². The molecule has 1 aromatic heterocycles. The van der Waals surface area contributed by atoms with Gasteiger partial charge in [0, 0.05) is 18.1 Å². The number of methoxy groups -OCH3 is 2. The maximum absolute atomic E-state index is 5.16. The Balaban J connectivity index is 2.33. The van der Waals surface area contributed by atoms with E-state index in [0.717, 1.165) is 11.4 Å². The molecule has 2 rings (SSSR count). The molecule has 1 aliphatic rings. The number of hydrogen-bond acceptors (Lipinski definition) is 3. The summed E-state index contributed by atoms with van der Waals surface area (Å²) in [6.07, 6.45) is 2.48. The van der Waals surface area contributed by atoms with E-state index in [-0.39, 0.29) is 0 Å². The Kier molecular flexibility index (Phi) is 2.08. The molecular weight excluding hydrogens is 166 g/mol. The SMILES string of the molecule is COc1cc(OC)nc(C2CC2)c1. The highest BCUT2D eigenvalue weighted by molar-refractivity contribution is 5.33. The van der Waals surface area contributed by atoms with Crippen molar-refractivity contribution in [2.24, 2.45) is 0 Å². The summed E-state index contributed by atoms with van der Waals surface area (Å²) in [4.78, 5) is 4.36. The third kappa shape index (κ3) is 1.74. The van der Waals surface area contributed by atoms with Crippen LogP contribution in [0.25, 0.3) is 0 Å². The molecule has 1 fully saturated rings. The molecule has 70 valence electrons. The molecule has 0 unspecified atom stereocenters. The molecule has 0 amide bonds. The molecule has 0 spiro atoms. The molecule has 1 saturated carbocycles. The van der Waals surface area contributed by atoms with E-state index in [9.17, 15) is 0 Å². The normalized spacial score (nSPS) is 15.5. The van der Waals surface area contributed by atoms with E-state index in [1.165, 1.54) is 12.8 Å². The van der Waals surface area contributed by atoms with E-state index in [4.69, 9.17) is 9.47 Å². The molecule has 3 heteroatoms. The van der Waals surface area contributed by atoms with Crippen molar-refractivity contribution in [3.05, 3.63) is 17.8 Å². The van der Waals surface area contributed by atoms with Gasteiger partial charge in [-0.15, -0.1) is 0 Å². The van der Waals surface area contributed by atoms with Crippen molar-refractivity contribution < 1.29 is 9.47 Å². The number of nitrogens with zero attached hydrogens (tertiary/aromatic N) is 1. The van der Waals surface area contributed by atoms with Crippen LogP contribution < -0.4 is 9.47 Å². The van der Waals surface area contributed by atoms with E-state index in [2.05, 4.69) is 4.98 Å². The third-order valence-corrected chi connectivity index (χ3v) is 2.24. The van der Waals surface area contributed by atoms with Crippen molar-refractivity contribution in [1.82, 2.24) is 4.98 Å². The van der Waals surface area contributed by atoms with Gasteiger partial charge in [-0.2, -0.15) is 0 Å². The van der Waals surface area contributed by atoms with Crippen LogP contribution in [0.5, 0.6) is 11.6 Å². The Morgan fingerprint density at radius 3 is 2.54 bits per heavy atom. The molecular formula is C10H13NO2. The van der Waals surface area contributed by atoms with Gasteiger partial charge in [0.1, 0.15) is 5.75 Å². The molecule has 0 aliphatic heterocycles. The van der Waals surface area contributed by atoms with Crippen molar-refractivity contribution in [2.75, 3.05) is 14.2 Å². The van der Waals surface area contributed by atoms with Crippen LogP contribution in [-0.2, 0) is 0 Å². The zero-order valence-corrected chi connectivity index (χ0v) is 7.91. The molecule has 0 atom stereocenters. The quantitative estimate of drug-likeness (QED) is 0.711. The second-order valence-corrected chi connectivity index (χ2v) is 3.25. The van der Waals surface area contributed by atoms with Crippen LogP contribution >= 0.6 is 0 Å². The first kappa shape index (κ1) is 8.35. The fourth-order valence-electron chi connectivity index (χ4n) is 1.31. The summed E-state index contributed by atoms with van der Waals surface area (Å²) in [5, 5.41) is 0. The lowest BCUT2D eigenvalue weighted by Crippen LogP contribution is -1.94. The van der Waals surface area contributed by atoms with E-state index in [0.29, 0.717) is 11.8 Å². The van der Waals surface area contributed by atoms with E-state index in [1.807, 2.05) is 6.07 Å². The topological polar surface area (TPSA) is 31.4 Å². The molecule has 0 N–H and O–H groups in total. The van der Waals surface area contributed by atoms with Crippen molar-refractivity contribution >= 4 is 0 Å². The molecule has 0 bridgehead atoms. The monoisotopic (exact) mass is 179 g/mol. The van der Waals surface area contributed by atoms with Gasteiger partial charge in [-0.25, -0.2) is 4.98 Å². The maximum Gasteiger partial charge on any atom is 0.216 e. The van der Waals surface area contributed by atoms with Crippen molar-refractivity contribution in [2.45, 2.75) is 18.8 Å². The lowest BCUT2D eigenvalue weighted by Gasteiger charge is -2.05. The average molecular weight is 179 g/mol. The van der Waals surface area contributed by atoms with E-state index in [1.54, 1.807) is 20.3 Å². The molecule has 0 aromatic carbocycles. The summed E-state index contributed by atoms with van der Waals surface area (Å²) >= 11 is 0. The van der Waals surface area contributed by atoms with Gasteiger partial charge < -0.3 is 9.47 Å². The van der Waals surface area contributed by atoms with Gasteiger partial charge in [-0.3, -0.25) is 0 Å². The molecule has 1 heterocycles. The summed E-state index contributed by atoms with van der Waals surface area (Å²) in [6, 6.07) is 3.78. The number of ether oxygens (including phenoxy) is 2. The molecule has 0 radical (unpaired) electrons. The summed E-state index contributed by atoms with van der Waals surface area (Å²) in [5.41, 5.74) is 1.09. The second-order valence-electron chi connectivity index (χ2n) is 3.25. The fourth-order valence-corrected chi connectivity index (χ4v) is 1.31. The highest BCUT2D eigenvalue weighted by Crippen LogP contribution is 2.40. The van der Waals surface area contributed by atoms with Crippen molar-refractivity contribution in [1.29, 1.82) is 0 Å². The number of hydrogen-bond donors (Lipinski definition) is 0. The minimum absolute atomic E-state index is 0.629. The van der Waals surface area contributed by atoms with Crippen molar-refractivity contribution in [3.8, 4) is 11.6 Å². The summed E-state index contributed by atoms with van der Waals surface area (Å²) in [7, 11) is 3.28. The molecule has 1 aliphatic carbocycles. The Morgan fingerprint density at radius 2 is 2.00 bits per heavy atom. The van der Waals surface area contributed by atoms with Gasteiger partial charge >= 0.3 is 0 Å². The molecule has 1 aromatic rings. The number of rotatable bonds is 3. The second kappa shape index (κ2) is 3.24. The Bertz CT molecular complexity index is 286. The zero-order chi connectivity index (χ0) is 9.26. The number of aromatic nitrogens is 1. The molecule has 3 nitrogen and oxygen atoms in total. The highest BCUT2D eigenvalue weighted by atomic mass is 16.5. The standard InChI is InChI=1S/C10H13NO2/c1-12-8-5-9(7-3-4-7)11-10(6-8)13-2/h5-7H,3-4H2,1-2H3. The lowest BCUT2D eigenvalue weighted by molar-refractivity contribution is 0.380. The highest BCUT2D eigenvalue weighted by Gasteiger charge is 2.26. The van der Waals surface area contributed by atoms with Gasteiger partial charge in [-0.1, -0.05) is 0 Å². The summed E-state index contributed by atoms with van der Waals surface area (Å²) in [6.45, 7) is 0. The van der Waals surface area contributed by atoms with Crippen LogP contribution in [0.4, 0.5) is 0 Å². The van der Waals surface area contributed by atoms with Crippen LogP contribution in [0.1, 0.15) is 24.5 Å². The van der Waals surface area contributed by atoms with Crippen LogP contribution in [0.15, 0.2) is 12.1 Å². The Hall–Kier alpha value is -1.25. The number of pyridine rings is 1. The van der Waals surface area contributed by atoms with Gasteiger partial charge in [0.15, 0.2) is 0 Å². The average Bonchev–Trinajstić information content (AvgIpc) is 3.00. The minimum atomic E-state index is 0.629. The first-order valence-corrected chi connectivity index (χ1v) is 4.43. The fraction of sp³-hybridized carbons (Fsp3) is 0.500. The predicted molar refractivity (Wildman–Crippen MR) is 49.3 cm³/mol. The molecule has 0 saturated heterocycles. The third-order valence-electron chi connectivity index (χ3n) is 2.24. The van der Waals surface area contributed by atoms with Gasteiger partial charge in [-0.05, 0) is 12.8 Å². The van der Waals surface area contributed by atoms with Crippen LogP contribution in [-0.4, -0.2) is 19.2 Å². The van der Waals surface area contributed by atoms with Crippen LogP contribution in [0.2, 0.25) is 0 Å². The summed E-state index contributed by atoms with van der Waals surface area (Å²) in [5.74, 6) is 2.10. The first-order chi connectivity index (χ1) is 6.33. The smallest absolute Gasteiger partial charge is 0.216 e. The van der Waals surface area contributed by atoms with Gasteiger partial charge in [0.2, 0.25) is 5.88 Å². The maximum atomic E-state index is 5.16. The minimum Gasteiger partial charge on any atom is -0.496 e. The predicted octanol–water partition coefficient (Wildman–Crippen LogP) is 1.98. The largest absolute Gasteiger partial charge is 0.496 e. The van der Waals surface area contributed by atoms with Crippen molar-refractivity contribution in [3.63, 3.8) is 0 Å². The summed E-state index contributed by atoms with van der Waals surface area (Å²) < 4.78 is 10.2. The first-order valence-electron chi connectivity index (χ1n) is 4.43. The van der Waals surface area contributed by atoms with E-state index >= 15 is 0 Å². The van der Waals surface area contributed by atoms with Gasteiger partial charge in [0.25, 0.3) is 0 Å². The van der Waals surface area contributed by atoms with Crippen LogP contribution in [0.3, 0.4) is 0 Å². The zero-order valence-electron chi connectivity index (χ0n) is 7.91. The Morgan fingerprint density at radius 1 is 1.23 bits per heavy atom. The van der Waals surface area contributed by atoms with Crippen LogP contribution in [0, 0.1) is 0 Å². The molecule has 13 heavy (non-hydrogen) atoms. The lowest BCUT2D eigenvalue weighted by atomic mass is 10.2. The Labute approximate surface area is 77.7 Å². The van der Waals surface area contributed by atoms with E-state index < -0.39 is 0 Å².